The monoisotopic (exact) mass is 244 g/mol. The highest BCUT2D eigenvalue weighted by atomic mass is 16.1. The number of amides is 1. The minimum atomic E-state index is -0.149. The number of allylic oxidation sites excluding steroid dienone is 1. The van der Waals surface area contributed by atoms with Crippen LogP contribution in [0, 0.1) is 0 Å². The molecule has 0 spiro atoms. The predicted octanol–water partition coefficient (Wildman–Crippen LogP) is 2.13. The van der Waals surface area contributed by atoms with Crippen LogP contribution in [0.1, 0.15) is 36.8 Å². The minimum absolute atomic E-state index is 0.0831. The fraction of sp³-hybridized carbons (Fsp3) is 0.308. The first kappa shape index (κ1) is 12.3. The molecule has 0 atom stereocenters. The summed E-state index contributed by atoms with van der Waals surface area (Å²) in [6.07, 6.45) is 3.27. The molecule has 2 N–H and O–H groups in total. The molecule has 0 aliphatic rings. The number of nitrogens with zero attached hydrogens (tertiary/aromatic N) is 2. The summed E-state index contributed by atoms with van der Waals surface area (Å²) >= 11 is 0. The standard InChI is InChI=1S/C13H16N4O/c1-7(2)10-6-15-12-11(17-10)9(5-14-12)13(18)16-8(3)4/h5-6,8H,1H2,2-4H3,(H,14,15)(H,16,18). The first-order valence-corrected chi connectivity index (χ1v) is 5.80. The van der Waals surface area contributed by atoms with Crippen LogP contribution in [0.4, 0.5) is 0 Å². The summed E-state index contributed by atoms with van der Waals surface area (Å²) in [5, 5.41) is 2.84. The Morgan fingerprint density at radius 2 is 2.22 bits per heavy atom. The van der Waals surface area contributed by atoms with Gasteiger partial charge < -0.3 is 10.3 Å². The maximum Gasteiger partial charge on any atom is 0.255 e. The summed E-state index contributed by atoms with van der Waals surface area (Å²) < 4.78 is 0. The molecular weight excluding hydrogens is 228 g/mol. The van der Waals surface area contributed by atoms with Crippen molar-refractivity contribution in [1.82, 2.24) is 20.3 Å². The van der Waals surface area contributed by atoms with Gasteiger partial charge in [0, 0.05) is 12.2 Å². The number of aromatic nitrogens is 3. The highest BCUT2D eigenvalue weighted by Crippen LogP contribution is 2.17. The Bertz CT molecular complexity index is 612. The van der Waals surface area contributed by atoms with Crippen LogP contribution in [0.5, 0.6) is 0 Å². The fourth-order valence-corrected chi connectivity index (χ4v) is 1.61. The Labute approximate surface area is 105 Å². The lowest BCUT2D eigenvalue weighted by Gasteiger charge is -2.07. The van der Waals surface area contributed by atoms with E-state index in [1.54, 1.807) is 12.4 Å². The van der Waals surface area contributed by atoms with Crippen molar-refractivity contribution < 1.29 is 4.79 Å². The maximum absolute atomic E-state index is 12.0. The lowest BCUT2D eigenvalue weighted by atomic mass is 10.2. The average molecular weight is 244 g/mol. The van der Waals surface area contributed by atoms with Crippen molar-refractivity contribution in [2.24, 2.45) is 0 Å². The van der Waals surface area contributed by atoms with E-state index in [0.29, 0.717) is 22.4 Å². The zero-order chi connectivity index (χ0) is 13.3. The molecule has 0 fully saturated rings. The van der Waals surface area contributed by atoms with Crippen LogP contribution in [0.2, 0.25) is 0 Å². The van der Waals surface area contributed by atoms with Gasteiger partial charge in [0.05, 0.1) is 17.5 Å². The van der Waals surface area contributed by atoms with Crippen LogP contribution in [-0.4, -0.2) is 26.9 Å². The SMILES string of the molecule is C=C(C)c1cnc2[nH]cc(C(=O)NC(C)C)c2n1. The van der Waals surface area contributed by atoms with Crippen molar-refractivity contribution >= 4 is 22.6 Å². The molecule has 5 nitrogen and oxygen atoms in total. The third-order valence-electron chi connectivity index (χ3n) is 2.48. The second-order valence-corrected chi connectivity index (χ2v) is 4.56. The zero-order valence-electron chi connectivity index (χ0n) is 10.7. The number of carbonyl (C=O) groups is 1. The van der Waals surface area contributed by atoms with E-state index in [-0.39, 0.29) is 11.9 Å². The molecule has 18 heavy (non-hydrogen) atoms. The van der Waals surface area contributed by atoms with Crippen LogP contribution in [0.15, 0.2) is 19.0 Å². The Hall–Kier alpha value is -2.17. The molecule has 1 amide bonds. The van der Waals surface area contributed by atoms with Gasteiger partial charge in [-0.15, -0.1) is 0 Å². The highest BCUT2D eigenvalue weighted by molar-refractivity contribution is 6.04. The largest absolute Gasteiger partial charge is 0.350 e. The van der Waals surface area contributed by atoms with E-state index in [1.807, 2.05) is 20.8 Å². The molecule has 2 rings (SSSR count). The Morgan fingerprint density at radius 3 is 2.83 bits per heavy atom. The Kier molecular flexibility index (Phi) is 3.14. The van der Waals surface area contributed by atoms with Crippen LogP contribution < -0.4 is 5.32 Å². The van der Waals surface area contributed by atoms with Crippen molar-refractivity contribution in [3.8, 4) is 0 Å². The number of H-pyrrole nitrogens is 1. The van der Waals surface area contributed by atoms with E-state index in [0.717, 1.165) is 5.57 Å². The van der Waals surface area contributed by atoms with Gasteiger partial charge in [-0.05, 0) is 26.3 Å². The minimum Gasteiger partial charge on any atom is -0.350 e. The van der Waals surface area contributed by atoms with Crippen molar-refractivity contribution in [3.63, 3.8) is 0 Å². The third kappa shape index (κ3) is 2.25. The molecule has 2 aromatic heterocycles. The van der Waals surface area contributed by atoms with Crippen molar-refractivity contribution in [2.75, 3.05) is 0 Å². The number of fused-ring (bicyclic) bond motifs is 1. The molecule has 94 valence electrons. The summed E-state index contributed by atoms with van der Waals surface area (Å²) in [5.41, 5.74) is 3.21. The molecule has 2 aromatic rings. The van der Waals surface area contributed by atoms with Gasteiger partial charge in [-0.1, -0.05) is 6.58 Å². The summed E-state index contributed by atoms with van der Waals surface area (Å²) in [6, 6.07) is 0.0831. The van der Waals surface area contributed by atoms with E-state index in [2.05, 4.69) is 26.8 Å². The number of carbonyl (C=O) groups excluding carboxylic acids is 1. The topological polar surface area (TPSA) is 70.7 Å². The Balaban J connectivity index is 2.48. The molecule has 2 heterocycles. The molecule has 0 unspecified atom stereocenters. The van der Waals surface area contributed by atoms with Gasteiger partial charge in [-0.2, -0.15) is 0 Å². The van der Waals surface area contributed by atoms with E-state index < -0.39 is 0 Å². The molecule has 0 saturated carbocycles. The van der Waals surface area contributed by atoms with Crippen molar-refractivity contribution in [2.45, 2.75) is 26.8 Å². The van der Waals surface area contributed by atoms with Crippen LogP contribution >= 0.6 is 0 Å². The summed E-state index contributed by atoms with van der Waals surface area (Å²) in [6.45, 7) is 9.51. The van der Waals surface area contributed by atoms with Gasteiger partial charge in [0.25, 0.3) is 5.91 Å². The summed E-state index contributed by atoms with van der Waals surface area (Å²) in [7, 11) is 0. The first-order valence-electron chi connectivity index (χ1n) is 5.80. The smallest absolute Gasteiger partial charge is 0.255 e. The van der Waals surface area contributed by atoms with Gasteiger partial charge >= 0.3 is 0 Å². The van der Waals surface area contributed by atoms with E-state index in [9.17, 15) is 4.79 Å². The van der Waals surface area contributed by atoms with Gasteiger partial charge in [-0.25, -0.2) is 9.97 Å². The third-order valence-corrected chi connectivity index (χ3v) is 2.48. The van der Waals surface area contributed by atoms with Crippen LogP contribution in [0.3, 0.4) is 0 Å². The van der Waals surface area contributed by atoms with Crippen LogP contribution in [-0.2, 0) is 0 Å². The van der Waals surface area contributed by atoms with Gasteiger partial charge in [0.15, 0.2) is 5.65 Å². The van der Waals surface area contributed by atoms with E-state index >= 15 is 0 Å². The maximum atomic E-state index is 12.0. The number of nitrogens with one attached hydrogen (secondary N) is 2. The second-order valence-electron chi connectivity index (χ2n) is 4.56. The molecule has 5 heteroatoms. The molecule has 0 saturated heterocycles. The highest BCUT2D eigenvalue weighted by Gasteiger charge is 2.15. The van der Waals surface area contributed by atoms with Crippen molar-refractivity contribution in [3.05, 3.63) is 30.2 Å². The predicted molar refractivity (Wildman–Crippen MR) is 71.2 cm³/mol. The average Bonchev–Trinajstić information content (AvgIpc) is 2.70. The van der Waals surface area contributed by atoms with E-state index in [1.165, 1.54) is 0 Å². The van der Waals surface area contributed by atoms with E-state index in [4.69, 9.17) is 0 Å². The first-order chi connectivity index (χ1) is 8.49. The molecule has 0 bridgehead atoms. The molecule has 0 aliphatic heterocycles. The lowest BCUT2D eigenvalue weighted by molar-refractivity contribution is 0.0944. The zero-order valence-corrected chi connectivity index (χ0v) is 10.7. The number of hydrogen-bond acceptors (Lipinski definition) is 3. The van der Waals surface area contributed by atoms with Gasteiger partial charge in [0.2, 0.25) is 0 Å². The number of aromatic amines is 1. The molecular formula is C13H16N4O. The van der Waals surface area contributed by atoms with Gasteiger partial charge in [-0.3, -0.25) is 4.79 Å². The quantitative estimate of drug-likeness (QED) is 0.868. The van der Waals surface area contributed by atoms with Crippen molar-refractivity contribution in [1.29, 1.82) is 0 Å². The molecule has 0 radical (unpaired) electrons. The number of rotatable bonds is 3. The van der Waals surface area contributed by atoms with Crippen LogP contribution in [0.25, 0.3) is 16.7 Å². The molecule has 0 aromatic carbocycles. The number of hydrogen-bond donors (Lipinski definition) is 2. The normalized spacial score (nSPS) is 10.9. The second kappa shape index (κ2) is 4.60. The fourth-order valence-electron chi connectivity index (χ4n) is 1.61. The lowest BCUT2D eigenvalue weighted by Crippen LogP contribution is -2.30. The molecule has 0 aliphatic carbocycles. The van der Waals surface area contributed by atoms with Gasteiger partial charge in [0.1, 0.15) is 5.52 Å². The summed E-state index contributed by atoms with van der Waals surface area (Å²) in [4.78, 5) is 23.6. The Morgan fingerprint density at radius 1 is 1.50 bits per heavy atom. The summed E-state index contributed by atoms with van der Waals surface area (Å²) in [5.74, 6) is -0.149.